The molecule has 0 fully saturated rings. The Kier molecular flexibility index (Phi) is 12.5. The summed E-state index contributed by atoms with van der Waals surface area (Å²) < 4.78 is 0. The fraction of sp³-hybridized carbons (Fsp3) is 0. The van der Waals surface area contributed by atoms with Crippen LogP contribution in [-0.2, 0) is 0 Å². The van der Waals surface area contributed by atoms with E-state index in [0.29, 0.717) is 5.75 Å². The number of benzene rings is 1. The lowest BCUT2D eigenvalue weighted by molar-refractivity contribution is 0.475. The van der Waals surface area contributed by atoms with Gasteiger partial charge in [-0.2, -0.15) is 10.5 Å². The van der Waals surface area contributed by atoms with Crippen LogP contribution in [0.2, 0.25) is 0 Å². The number of aromatic hydroxyl groups is 1. The van der Waals surface area contributed by atoms with Gasteiger partial charge in [0.05, 0.1) is 0 Å². The van der Waals surface area contributed by atoms with Crippen molar-refractivity contribution in [1.82, 2.24) is 0 Å². The molecule has 1 aromatic rings. The number of phenols is 1. The number of phenolic OH excluding ortho intramolecular Hbond substituents is 1. The van der Waals surface area contributed by atoms with E-state index in [0.717, 1.165) is 12.5 Å². The second-order valence-electron chi connectivity index (χ2n) is 1.54. The molecule has 0 aromatic heterocycles. The molecule has 0 heterocycles. The third-order valence-electron chi connectivity index (χ3n) is 0.756. The Morgan fingerprint density at radius 1 is 0.923 bits per heavy atom. The Balaban J connectivity index is 0. The van der Waals surface area contributed by atoms with Gasteiger partial charge in [0.1, 0.15) is 5.75 Å². The number of aliphatic hydroxyl groups is 2. The zero-order valence-electron chi connectivity index (χ0n) is 6.62. The van der Waals surface area contributed by atoms with Crippen LogP contribution in [-0.4, -0.2) is 15.3 Å². The summed E-state index contributed by atoms with van der Waals surface area (Å²) in [4.78, 5) is 0. The molecule has 5 nitrogen and oxygen atoms in total. The Morgan fingerprint density at radius 2 is 1.23 bits per heavy atom. The third-order valence-corrected chi connectivity index (χ3v) is 0.756. The van der Waals surface area contributed by atoms with E-state index in [1.807, 2.05) is 6.07 Å². The second-order valence-corrected chi connectivity index (χ2v) is 1.54. The molecule has 0 aliphatic rings. The maximum atomic E-state index is 8.63. The van der Waals surface area contributed by atoms with Gasteiger partial charge in [0.15, 0.2) is 0 Å². The standard InChI is InChI=1S/C6H6O.2CHNO/c7-6-4-2-1-3-5-6;2*2-1-3/h1-5,7H;2*3H. The topological polar surface area (TPSA) is 108 Å². The quantitative estimate of drug-likeness (QED) is 0.517. The second kappa shape index (κ2) is 12.3. The van der Waals surface area contributed by atoms with Gasteiger partial charge in [-0.25, -0.2) is 0 Å². The maximum absolute atomic E-state index is 8.63. The SMILES string of the molecule is N#CO.N#CO.Oc1ccccc1. The predicted molar refractivity (Wildman–Crippen MR) is 43.2 cm³/mol. The summed E-state index contributed by atoms with van der Waals surface area (Å²) in [5.41, 5.74) is 0. The molecule has 0 saturated heterocycles. The molecule has 68 valence electrons. The highest BCUT2D eigenvalue weighted by atomic mass is 16.3. The minimum atomic E-state index is 0.322. The largest absolute Gasteiger partial charge is 0.508 e. The van der Waals surface area contributed by atoms with Crippen molar-refractivity contribution in [1.29, 1.82) is 10.5 Å². The fourth-order valence-corrected chi connectivity index (χ4v) is 0.428. The van der Waals surface area contributed by atoms with Gasteiger partial charge in [-0.05, 0) is 12.1 Å². The van der Waals surface area contributed by atoms with E-state index in [9.17, 15) is 0 Å². The highest BCUT2D eigenvalue weighted by Crippen LogP contribution is 2.02. The first-order chi connectivity index (χ1) is 6.22. The molecule has 1 aromatic carbocycles. The van der Waals surface area contributed by atoms with Crippen molar-refractivity contribution in [3.8, 4) is 18.3 Å². The number of para-hydroxylation sites is 1. The normalized spacial score (nSPS) is 5.69. The summed E-state index contributed by atoms with van der Waals surface area (Å²) in [6, 6.07) is 8.71. The van der Waals surface area contributed by atoms with Crippen LogP contribution in [0.1, 0.15) is 0 Å². The van der Waals surface area contributed by atoms with Gasteiger partial charge in [-0.15, -0.1) is 0 Å². The van der Waals surface area contributed by atoms with Crippen molar-refractivity contribution >= 4 is 0 Å². The van der Waals surface area contributed by atoms with E-state index < -0.39 is 0 Å². The predicted octanol–water partition coefficient (Wildman–Crippen LogP) is 1.07. The smallest absolute Gasteiger partial charge is 0.283 e. The number of nitriles is 2. The van der Waals surface area contributed by atoms with Crippen molar-refractivity contribution in [3.05, 3.63) is 30.3 Å². The molecule has 13 heavy (non-hydrogen) atoms. The number of hydrogen-bond donors (Lipinski definition) is 3. The lowest BCUT2D eigenvalue weighted by atomic mass is 10.3. The summed E-state index contributed by atoms with van der Waals surface area (Å²) in [7, 11) is 0. The van der Waals surface area contributed by atoms with Crippen LogP contribution in [0.4, 0.5) is 0 Å². The fourth-order valence-electron chi connectivity index (χ4n) is 0.428. The zero-order valence-corrected chi connectivity index (χ0v) is 6.62. The molecule has 1 rings (SSSR count). The minimum Gasteiger partial charge on any atom is -0.508 e. The molecule has 0 radical (unpaired) electrons. The molecular weight excluding hydrogens is 172 g/mol. The monoisotopic (exact) mass is 180 g/mol. The minimum absolute atomic E-state index is 0.322. The summed E-state index contributed by atoms with van der Waals surface area (Å²) in [6.07, 6.45) is 1.50. The molecule has 0 unspecified atom stereocenters. The first-order valence-corrected chi connectivity index (χ1v) is 3.03. The van der Waals surface area contributed by atoms with Gasteiger partial charge >= 0.3 is 0 Å². The molecule has 0 bridgehead atoms. The third kappa shape index (κ3) is 17.7. The van der Waals surface area contributed by atoms with E-state index in [1.54, 1.807) is 24.3 Å². The maximum Gasteiger partial charge on any atom is 0.283 e. The van der Waals surface area contributed by atoms with Gasteiger partial charge in [0.2, 0.25) is 0 Å². The van der Waals surface area contributed by atoms with E-state index in [4.69, 9.17) is 25.8 Å². The number of nitrogens with zero attached hydrogens (tertiary/aromatic N) is 2. The van der Waals surface area contributed by atoms with Crippen molar-refractivity contribution in [2.75, 3.05) is 0 Å². The lowest BCUT2D eigenvalue weighted by Gasteiger charge is -1.82. The summed E-state index contributed by atoms with van der Waals surface area (Å²) in [5, 5.41) is 36.1. The van der Waals surface area contributed by atoms with Gasteiger partial charge in [-0.1, -0.05) is 18.2 Å². The van der Waals surface area contributed by atoms with E-state index in [2.05, 4.69) is 0 Å². The molecule has 3 N–H and O–H groups in total. The van der Waals surface area contributed by atoms with Crippen molar-refractivity contribution in [2.24, 2.45) is 0 Å². The van der Waals surface area contributed by atoms with Crippen LogP contribution in [0.25, 0.3) is 0 Å². The lowest BCUT2D eigenvalue weighted by Crippen LogP contribution is -1.56. The van der Waals surface area contributed by atoms with E-state index in [1.165, 1.54) is 0 Å². The van der Waals surface area contributed by atoms with Crippen LogP contribution in [0.5, 0.6) is 5.75 Å². The van der Waals surface area contributed by atoms with E-state index >= 15 is 0 Å². The van der Waals surface area contributed by atoms with Crippen molar-refractivity contribution in [2.45, 2.75) is 0 Å². The van der Waals surface area contributed by atoms with Crippen molar-refractivity contribution in [3.63, 3.8) is 0 Å². The van der Waals surface area contributed by atoms with Crippen molar-refractivity contribution < 1.29 is 15.3 Å². The molecule has 0 saturated carbocycles. The Bertz CT molecular complexity index is 262. The Labute approximate surface area is 75.3 Å². The van der Waals surface area contributed by atoms with E-state index in [-0.39, 0.29) is 0 Å². The van der Waals surface area contributed by atoms with Gasteiger partial charge in [0.25, 0.3) is 12.5 Å². The summed E-state index contributed by atoms with van der Waals surface area (Å²) in [5.74, 6) is 0.322. The average molecular weight is 180 g/mol. The number of hydrogen-bond acceptors (Lipinski definition) is 5. The number of aliphatic hydroxyl groups excluding tert-OH is 2. The average Bonchev–Trinajstić information content (AvgIpc) is 2.08. The number of rotatable bonds is 0. The molecule has 0 atom stereocenters. The van der Waals surface area contributed by atoms with Crippen LogP contribution in [0, 0.1) is 23.0 Å². The van der Waals surface area contributed by atoms with Gasteiger partial charge < -0.3 is 15.3 Å². The molecule has 0 aliphatic heterocycles. The van der Waals surface area contributed by atoms with Crippen LogP contribution in [0.15, 0.2) is 30.3 Å². The van der Waals surface area contributed by atoms with Gasteiger partial charge in [0, 0.05) is 0 Å². The first-order valence-electron chi connectivity index (χ1n) is 3.03. The molecule has 0 aliphatic carbocycles. The Hall–Kier alpha value is -2.40. The zero-order chi connectivity index (χ0) is 10.5. The first kappa shape index (κ1) is 13.2. The highest BCUT2D eigenvalue weighted by Gasteiger charge is 1.74. The molecule has 0 amide bonds. The van der Waals surface area contributed by atoms with Gasteiger partial charge in [-0.3, -0.25) is 0 Å². The Morgan fingerprint density at radius 3 is 1.38 bits per heavy atom. The van der Waals surface area contributed by atoms with Crippen LogP contribution < -0.4 is 0 Å². The molecular formula is C8H8N2O3. The molecule has 0 spiro atoms. The van der Waals surface area contributed by atoms with Crippen LogP contribution >= 0.6 is 0 Å². The molecule has 5 heteroatoms. The van der Waals surface area contributed by atoms with Crippen LogP contribution in [0.3, 0.4) is 0 Å². The summed E-state index contributed by atoms with van der Waals surface area (Å²) >= 11 is 0. The summed E-state index contributed by atoms with van der Waals surface area (Å²) in [6.45, 7) is 0. The highest BCUT2D eigenvalue weighted by molar-refractivity contribution is 5.18.